The lowest BCUT2D eigenvalue weighted by atomic mass is 9.66. The number of ketones is 1. The van der Waals surface area contributed by atoms with Crippen molar-refractivity contribution in [3.63, 3.8) is 0 Å². The van der Waals surface area contributed by atoms with Crippen molar-refractivity contribution in [3.8, 4) is 11.8 Å². The summed E-state index contributed by atoms with van der Waals surface area (Å²) in [4.78, 5) is 25.7. The van der Waals surface area contributed by atoms with E-state index in [1.54, 1.807) is 18.2 Å². The van der Waals surface area contributed by atoms with Crippen LogP contribution in [-0.4, -0.2) is 46.4 Å². The summed E-state index contributed by atoms with van der Waals surface area (Å²) in [7, 11) is -1.54. The summed E-state index contributed by atoms with van der Waals surface area (Å²) in [5, 5.41) is 0. The number of hydrogen-bond donors (Lipinski definition) is 1. The number of rotatable bonds is 4. The average molecular weight is 473 g/mol. The number of allylic oxidation sites excluding steroid dienone is 2. The Labute approximate surface area is 196 Å². The van der Waals surface area contributed by atoms with E-state index in [0.29, 0.717) is 50.1 Å². The summed E-state index contributed by atoms with van der Waals surface area (Å²) in [6, 6.07) is 3.88. The Kier molecular flexibility index (Phi) is 7.35. The van der Waals surface area contributed by atoms with Gasteiger partial charge in [-0.05, 0) is 67.9 Å². The van der Waals surface area contributed by atoms with Gasteiger partial charge in [0.15, 0.2) is 5.78 Å². The minimum atomic E-state index is -2.78. The van der Waals surface area contributed by atoms with Gasteiger partial charge in [-0.2, -0.15) is 0 Å². The number of Topliss-reactive ketones (excluding diaryl/α,β-unsaturated/α-hetero) is 1. The Morgan fingerprint density at radius 1 is 1.21 bits per heavy atom. The second-order valence-electron chi connectivity index (χ2n) is 8.85. The lowest BCUT2D eigenvalue weighted by molar-refractivity contribution is -0.117. The zero-order valence-electron chi connectivity index (χ0n) is 20.0. The third-order valence-corrected chi connectivity index (χ3v) is 8.63. The van der Waals surface area contributed by atoms with Crippen LogP contribution in [0.4, 0.5) is 4.79 Å². The first-order chi connectivity index (χ1) is 15.6. The highest BCUT2D eigenvalue weighted by Gasteiger charge is 2.45. The molecule has 7 nitrogen and oxygen atoms in total. The van der Waals surface area contributed by atoms with Crippen LogP contribution in [0.5, 0.6) is 0 Å². The molecule has 1 N–H and O–H groups in total. The fraction of sp³-hybridized carbons (Fsp3) is 0.520. The van der Waals surface area contributed by atoms with Crippen LogP contribution in [0.3, 0.4) is 0 Å². The standard InChI is InChI=1S/C25H32N2O5S/c1-6-8-19-13-17(3)22(18(4)14-19)23-20(28)15-25(16-21(23)32-24(29)31-5)9-11-27(12-10-25)33(26,30)7-2/h13-14,26H,7,9-12,15-16H2,1-5H3. The molecule has 1 aromatic rings. The van der Waals surface area contributed by atoms with Crippen LogP contribution in [-0.2, 0) is 24.2 Å². The third-order valence-electron chi connectivity index (χ3n) is 6.65. The van der Waals surface area contributed by atoms with E-state index in [2.05, 4.69) is 11.8 Å². The molecule has 0 aromatic heterocycles. The lowest BCUT2D eigenvalue weighted by Crippen LogP contribution is -2.45. The molecule has 1 saturated heterocycles. The maximum Gasteiger partial charge on any atom is 0.513 e. The SMILES string of the molecule is CC#Cc1cc(C)c(C2=C(OC(=O)OC)CC3(CCN(S(=N)(=O)CC)CC3)CC2=O)c(C)c1. The molecule has 1 unspecified atom stereocenters. The summed E-state index contributed by atoms with van der Waals surface area (Å²) >= 11 is 0. The number of piperidine rings is 1. The molecule has 0 bridgehead atoms. The number of ether oxygens (including phenoxy) is 2. The van der Waals surface area contributed by atoms with E-state index in [4.69, 9.17) is 14.3 Å². The fourth-order valence-corrected chi connectivity index (χ4v) is 6.09. The first kappa shape index (κ1) is 25.0. The summed E-state index contributed by atoms with van der Waals surface area (Å²) in [5.41, 5.74) is 3.47. The van der Waals surface area contributed by atoms with Crippen molar-refractivity contribution in [2.75, 3.05) is 26.0 Å². The highest BCUT2D eigenvalue weighted by atomic mass is 32.2. The van der Waals surface area contributed by atoms with E-state index < -0.39 is 16.1 Å². The number of nitrogens with one attached hydrogen (secondary N) is 1. The monoisotopic (exact) mass is 472 g/mol. The first-order valence-electron chi connectivity index (χ1n) is 11.1. The first-order valence-corrected chi connectivity index (χ1v) is 12.8. The number of methoxy groups -OCH3 is 1. The van der Waals surface area contributed by atoms with Crippen molar-refractivity contribution in [1.82, 2.24) is 4.31 Å². The molecule has 1 spiro atoms. The number of carbonyl (C=O) groups is 2. The van der Waals surface area contributed by atoms with Crippen LogP contribution < -0.4 is 0 Å². The Morgan fingerprint density at radius 2 is 1.82 bits per heavy atom. The second kappa shape index (κ2) is 9.70. The van der Waals surface area contributed by atoms with Gasteiger partial charge in [0, 0.05) is 37.2 Å². The van der Waals surface area contributed by atoms with Gasteiger partial charge in [-0.15, -0.1) is 5.92 Å². The van der Waals surface area contributed by atoms with Crippen molar-refractivity contribution in [3.05, 3.63) is 40.1 Å². The molecule has 0 amide bonds. The van der Waals surface area contributed by atoms with Crippen LogP contribution >= 0.6 is 0 Å². The largest absolute Gasteiger partial charge is 0.513 e. The molecule has 3 rings (SSSR count). The predicted octanol–water partition coefficient (Wildman–Crippen LogP) is 4.60. The van der Waals surface area contributed by atoms with Gasteiger partial charge in [-0.3, -0.25) is 4.79 Å². The smallest absolute Gasteiger partial charge is 0.437 e. The van der Waals surface area contributed by atoms with Crippen molar-refractivity contribution >= 4 is 27.4 Å². The third kappa shape index (κ3) is 5.15. The topological polar surface area (TPSA) is 96.8 Å². The predicted molar refractivity (Wildman–Crippen MR) is 128 cm³/mol. The molecular weight excluding hydrogens is 440 g/mol. The maximum absolute atomic E-state index is 13.6. The van der Waals surface area contributed by atoms with E-state index in [0.717, 1.165) is 22.3 Å². The van der Waals surface area contributed by atoms with Gasteiger partial charge < -0.3 is 9.47 Å². The Bertz CT molecular complexity index is 1140. The molecule has 0 radical (unpaired) electrons. The van der Waals surface area contributed by atoms with Crippen LogP contribution in [0.1, 0.15) is 61.8 Å². The Hall–Kier alpha value is -2.63. The Balaban J connectivity index is 2.03. The Morgan fingerprint density at radius 3 is 2.33 bits per heavy atom. The number of carbonyl (C=O) groups excluding carboxylic acids is 2. The molecule has 8 heteroatoms. The van der Waals surface area contributed by atoms with Crippen molar-refractivity contribution < 1.29 is 23.3 Å². The zero-order chi connectivity index (χ0) is 24.4. The lowest BCUT2D eigenvalue weighted by Gasteiger charge is -2.44. The quantitative estimate of drug-likeness (QED) is 0.510. The normalized spacial score (nSPS) is 20.1. The van der Waals surface area contributed by atoms with Crippen LogP contribution in [0.2, 0.25) is 0 Å². The van der Waals surface area contributed by atoms with Gasteiger partial charge >= 0.3 is 6.16 Å². The molecule has 1 aliphatic heterocycles. The molecule has 1 aromatic carbocycles. The second-order valence-corrected chi connectivity index (χ2v) is 11.2. The van der Waals surface area contributed by atoms with E-state index in [-0.39, 0.29) is 17.0 Å². The van der Waals surface area contributed by atoms with Crippen LogP contribution in [0.25, 0.3) is 5.57 Å². The van der Waals surface area contributed by atoms with Gasteiger partial charge in [0.25, 0.3) is 0 Å². The van der Waals surface area contributed by atoms with Crippen molar-refractivity contribution in [2.24, 2.45) is 5.41 Å². The van der Waals surface area contributed by atoms with Crippen molar-refractivity contribution in [1.29, 1.82) is 4.78 Å². The zero-order valence-corrected chi connectivity index (χ0v) is 20.8. The fourth-order valence-electron chi connectivity index (χ4n) is 4.95. The number of aryl methyl sites for hydroxylation is 2. The molecule has 1 fully saturated rings. The highest BCUT2D eigenvalue weighted by Crippen LogP contribution is 2.49. The van der Waals surface area contributed by atoms with E-state index in [1.807, 2.05) is 26.0 Å². The molecule has 1 aliphatic carbocycles. The van der Waals surface area contributed by atoms with Gasteiger partial charge in [-0.1, -0.05) is 12.8 Å². The number of hydrogen-bond acceptors (Lipinski definition) is 6. The maximum atomic E-state index is 13.6. The summed E-state index contributed by atoms with van der Waals surface area (Å²) in [6.45, 7) is 8.34. The summed E-state index contributed by atoms with van der Waals surface area (Å²) in [6.07, 6.45) is 1.11. The molecule has 1 heterocycles. The molecular formula is C25H32N2O5S. The van der Waals surface area contributed by atoms with Gasteiger partial charge in [0.05, 0.1) is 12.7 Å². The van der Waals surface area contributed by atoms with Gasteiger partial charge in [0.1, 0.15) is 15.7 Å². The van der Waals surface area contributed by atoms with E-state index in [9.17, 15) is 13.8 Å². The molecule has 33 heavy (non-hydrogen) atoms. The van der Waals surface area contributed by atoms with E-state index in [1.165, 1.54) is 7.11 Å². The summed E-state index contributed by atoms with van der Waals surface area (Å²) < 4.78 is 32.6. The summed E-state index contributed by atoms with van der Waals surface area (Å²) in [5.74, 6) is 6.47. The average Bonchev–Trinajstić information content (AvgIpc) is 2.75. The molecule has 0 saturated carbocycles. The molecule has 1 atom stereocenters. The van der Waals surface area contributed by atoms with Gasteiger partial charge in [-0.25, -0.2) is 18.1 Å². The van der Waals surface area contributed by atoms with Gasteiger partial charge in [0.2, 0.25) is 0 Å². The minimum absolute atomic E-state index is 0.0729. The van der Waals surface area contributed by atoms with Crippen LogP contribution in [0.15, 0.2) is 17.9 Å². The highest BCUT2D eigenvalue weighted by molar-refractivity contribution is 7.90. The van der Waals surface area contributed by atoms with Crippen LogP contribution in [0, 0.1) is 35.9 Å². The minimum Gasteiger partial charge on any atom is -0.437 e. The number of nitrogens with zero attached hydrogens (tertiary/aromatic N) is 1. The van der Waals surface area contributed by atoms with E-state index >= 15 is 0 Å². The number of benzene rings is 1. The molecule has 178 valence electrons. The van der Waals surface area contributed by atoms with Crippen molar-refractivity contribution in [2.45, 2.75) is 53.4 Å². The molecule has 2 aliphatic rings.